The molecule has 1 unspecified atom stereocenters. The second-order valence-electron chi connectivity index (χ2n) is 4.77. The van der Waals surface area contributed by atoms with Gasteiger partial charge >= 0.3 is 0 Å². The first-order valence-corrected chi connectivity index (χ1v) is 8.38. The second kappa shape index (κ2) is 4.07. The fourth-order valence-electron chi connectivity index (χ4n) is 1.87. The summed E-state index contributed by atoms with van der Waals surface area (Å²) in [7, 11) is -1.83. The highest BCUT2D eigenvalue weighted by Gasteiger charge is 2.42. The van der Waals surface area contributed by atoms with Crippen molar-refractivity contribution < 1.29 is 0 Å². The van der Waals surface area contributed by atoms with Crippen LogP contribution < -0.4 is 5.19 Å². The molecule has 0 bridgehead atoms. The van der Waals surface area contributed by atoms with E-state index in [0.717, 1.165) is 6.04 Å². The van der Waals surface area contributed by atoms with Gasteiger partial charge in [0.2, 0.25) is 0 Å². The second-order valence-corrected chi connectivity index (χ2v) is 11.1. The molecule has 0 aromatic heterocycles. The van der Waals surface area contributed by atoms with Gasteiger partial charge in [-0.05, 0) is 16.3 Å². The van der Waals surface area contributed by atoms with Gasteiger partial charge in [-0.3, -0.25) is 0 Å². The fraction of sp³-hybridized carbons (Fsp3) is 0.500. The van der Waals surface area contributed by atoms with E-state index in [1.54, 1.807) is 0 Å². The number of hydrogen-bond acceptors (Lipinski definition) is 0. The van der Waals surface area contributed by atoms with Crippen LogP contribution in [0.25, 0.3) is 0 Å². The molecule has 0 N–H and O–H groups in total. The molecule has 2 heteroatoms. The van der Waals surface area contributed by atoms with Crippen LogP contribution in [0.1, 0.15) is 27.7 Å². The van der Waals surface area contributed by atoms with Crippen molar-refractivity contribution in [3.63, 3.8) is 0 Å². The number of hydrogen-bond donors (Lipinski definition) is 0. The molecule has 0 heterocycles. The van der Waals surface area contributed by atoms with Crippen LogP contribution in [-0.2, 0) is 0 Å². The van der Waals surface area contributed by atoms with Gasteiger partial charge in [-0.15, -0.1) is 0 Å². The Balaban J connectivity index is 3.15. The van der Waals surface area contributed by atoms with E-state index in [1.807, 2.05) is 6.07 Å². The lowest BCUT2D eigenvalue weighted by Crippen LogP contribution is -2.49. The summed E-state index contributed by atoms with van der Waals surface area (Å²) >= 11 is 6.86. The third kappa shape index (κ3) is 2.04. The summed E-state index contributed by atoms with van der Waals surface area (Å²) in [5.41, 5.74) is 0. The lowest BCUT2D eigenvalue weighted by molar-refractivity contribution is 0.733. The van der Waals surface area contributed by atoms with Gasteiger partial charge in [0.1, 0.15) is 0 Å². The molecule has 14 heavy (non-hydrogen) atoms. The number of benzene rings is 1. The predicted octanol–water partition coefficient (Wildman–Crippen LogP) is 3.90. The van der Waals surface area contributed by atoms with E-state index in [1.165, 1.54) is 5.19 Å². The first kappa shape index (κ1) is 11.8. The van der Waals surface area contributed by atoms with Crippen molar-refractivity contribution in [1.82, 2.24) is 0 Å². The topological polar surface area (TPSA) is 0 Å². The third-order valence-corrected chi connectivity index (χ3v) is 10.7. The minimum Gasteiger partial charge on any atom is -0.160 e. The Morgan fingerprint density at radius 1 is 1.14 bits per heavy atom. The number of rotatable bonds is 2. The zero-order valence-corrected chi connectivity index (χ0v) is 11.2. The maximum absolute atomic E-state index is 6.86. The molecule has 1 aromatic rings. The quantitative estimate of drug-likeness (QED) is 0.530. The molecule has 0 spiro atoms. The monoisotopic (exact) mass is 226 g/mol. The summed E-state index contributed by atoms with van der Waals surface area (Å²) < 4.78 is 0. The summed E-state index contributed by atoms with van der Waals surface area (Å²) in [5.74, 6) is 0. The molecule has 0 nitrogen and oxygen atoms in total. The Bertz CT molecular complexity index is 289. The van der Waals surface area contributed by atoms with E-state index in [2.05, 4.69) is 52.0 Å². The van der Waals surface area contributed by atoms with Crippen LogP contribution >= 0.6 is 11.1 Å². The van der Waals surface area contributed by atoms with Crippen LogP contribution in [0.5, 0.6) is 0 Å². The van der Waals surface area contributed by atoms with E-state index in [4.69, 9.17) is 11.1 Å². The van der Waals surface area contributed by atoms with Crippen molar-refractivity contribution in [1.29, 1.82) is 0 Å². The minimum atomic E-state index is -1.83. The van der Waals surface area contributed by atoms with Crippen molar-refractivity contribution >= 4 is 23.6 Å². The molecule has 0 saturated heterocycles. The maximum Gasteiger partial charge on any atom is 0.191 e. The van der Waals surface area contributed by atoms with Gasteiger partial charge in [0.15, 0.2) is 7.38 Å². The number of halogens is 1. The highest BCUT2D eigenvalue weighted by atomic mass is 35.6. The maximum atomic E-state index is 6.86. The molecular weight excluding hydrogens is 208 g/mol. The van der Waals surface area contributed by atoms with Gasteiger partial charge < -0.3 is 0 Å². The van der Waals surface area contributed by atoms with Gasteiger partial charge in [0, 0.05) is 0 Å². The first-order valence-electron chi connectivity index (χ1n) is 5.16. The zero-order valence-electron chi connectivity index (χ0n) is 9.47. The minimum absolute atomic E-state index is 0.213. The van der Waals surface area contributed by atoms with Crippen molar-refractivity contribution in [3.8, 4) is 0 Å². The Kier molecular flexibility index (Phi) is 3.43. The standard InChI is InChI=1S/C12H19ClSi/c1-5-14(13,12(2,3)4)11-9-7-6-8-10-11/h6-10H,5H2,1-4H3. The Hall–Kier alpha value is -0.273. The molecule has 0 aliphatic heterocycles. The van der Waals surface area contributed by atoms with Crippen molar-refractivity contribution in [2.75, 3.05) is 0 Å². The predicted molar refractivity (Wildman–Crippen MR) is 67.9 cm³/mol. The summed E-state index contributed by atoms with van der Waals surface area (Å²) in [4.78, 5) is 0. The SMILES string of the molecule is CC[Si](Cl)(c1ccccc1)C(C)(C)C. The van der Waals surface area contributed by atoms with Crippen LogP contribution in [0.15, 0.2) is 30.3 Å². The molecular formula is C12H19ClSi. The fourth-order valence-corrected chi connectivity index (χ4v) is 5.30. The van der Waals surface area contributed by atoms with E-state index in [0.29, 0.717) is 0 Å². The van der Waals surface area contributed by atoms with E-state index >= 15 is 0 Å². The largest absolute Gasteiger partial charge is 0.191 e. The molecule has 1 atom stereocenters. The lowest BCUT2D eigenvalue weighted by atomic mass is 10.2. The summed E-state index contributed by atoms with van der Waals surface area (Å²) in [5, 5.41) is 1.57. The highest BCUT2D eigenvalue weighted by Crippen LogP contribution is 2.41. The van der Waals surface area contributed by atoms with Crippen molar-refractivity contribution in [2.45, 2.75) is 38.8 Å². The Morgan fingerprint density at radius 2 is 1.64 bits per heavy atom. The normalized spacial score (nSPS) is 16.4. The summed E-state index contributed by atoms with van der Waals surface area (Å²) in [6.07, 6.45) is 0. The van der Waals surface area contributed by atoms with E-state index in [9.17, 15) is 0 Å². The van der Waals surface area contributed by atoms with Crippen molar-refractivity contribution in [3.05, 3.63) is 30.3 Å². The third-order valence-electron chi connectivity index (χ3n) is 2.91. The van der Waals surface area contributed by atoms with Crippen LogP contribution in [-0.4, -0.2) is 7.38 Å². The molecule has 0 amide bonds. The van der Waals surface area contributed by atoms with Crippen LogP contribution in [0.3, 0.4) is 0 Å². The van der Waals surface area contributed by atoms with E-state index < -0.39 is 7.38 Å². The van der Waals surface area contributed by atoms with Gasteiger partial charge in [0.25, 0.3) is 0 Å². The lowest BCUT2D eigenvalue weighted by Gasteiger charge is -2.37. The van der Waals surface area contributed by atoms with Gasteiger partial charge in [-0.1, -0.05) is 58.0 Å². The molecule has 0 radical (unpaired) electrons. The Morgan fingerprint density at radius 3 is 2.00 bits per heavy atom. The molecule has 78 valence electrons. The highest BCUT2D eigenvalue weighted by molar-refractivity contribution is 7.28. The van der Waals surface area contributed by atoms with Gasteiger partial charge in [-0.25, -0.2) is 0 Å². The summed E-state index contributed by atoms with van der Waals surface area (Å²) in [6, 6.07) is 11.7. The zero-order chi connectivity index (χ0) is 10.8. The molecule has 1 rings (SSSR count). The average molecular weight is 227 g/mol. The Labute approximate surface area is 93.0 Å². The van der Waals surface area contributed by atoms with Crippen LogP contribution in [0.4, 0.5) is 0 Å². The smallest absolute Gasteiger partial charge is 0.160 e. The molecule has 0 fully saturated rings. The average Bonchev–Trinajstić information content (AvgIpc) is 2.16. The molecule has 1 aromatic carbocycles. The van der Waals surface area contributed by atoms with Crippen LogP contribution in [0, 0.1) is 0 Å². The molecule has 0 saturated carbocycles. The molecule has 0 aliphatic carbocycles. The molecule has 0 aliphatic rings. The van der Waals surface area contributed by atoms with Gasteiger partial charge in [0.05, 0.1) is 0 Å². The first-order chi connectivity index (χ1) is 6.42. The van der Waals surface area contributed by atoms with Crippen molar-refractivity contribution in [2.24, 2.45) is 0 Å². The van der Waals surface area contributed by atoms with E-state index in [-0.39, 0.29) is 5.04 Å². The van der Waals surface area contributed by atoms with Gasteiger partial charge in [-0.2, -0.15) is 11.1 Å². The summed E-state index contributed by atoms with van der Waals surface area (Å²) in [6.45, 7) is 8.96. The van der Waals surface area contributed by atoms with Crippen LogP contribution in [0.2, 0.25) is 11.1 Å².